The fraction of sp³-hybridized carbons (Fsp3) is 0.731. The van der Waals surface area contributed by atoms with Gasteiger partial charge in [-0.15, -0.1) is 0 Å². The molecule has 1 N–H and O–H groups in total. The SMILES string of the molecule is CC(C)(C)[Si](C)(C)OCCOCCOCCOCCOCCOCCNC(=O)OCc1ccccc1. The summed E-state index contributed by atoms with van der Waals surface area (Å²) in [4.78, 5) is 11.6. The molecule has 1 amide bonds. The van der Waals surface area contributed by atoms with Crippen molar-refractivity contribution in [1.82, 2.24) is 5.32 Å². The van der Waals surface area contributed by atoms with E-state index in [-0.39, 0.29) is 11.6 Å². The number of carbonyl (C=O) groups excluding carboxylic acids is 1. The molecule has 36 heavy (non-hydrogen) atoms. The molecule has 9 nitrogen and oxygen atoms in total. The highest BCUT2D eigenvalue weighted by atomic mass is 28.4. The second kappa shape index (κ2) is 19.6. The van der Waals surface area contributed by atoms with Gasteiger partial charge in [0.2, 0.25) is 0 Å². The summed E-state index contributed by atoms with van der Waals surface area (Å²) < 4.78 is 38.6. The standard InChI is InChI=1S/C26H47NO8Si/c1-26(2,3)36(4,5)35-22-21-33-20-19-32-18-17-31-16-15-30-14-13-29-12-11-27-25(28)34-23-24-9-7-6-8-10-24/h6-10H,11-23H2,1-5H3,(H,27,28). The largest absolute Gasteiger partial charge is 0.445 e. The zero-order valence-corrected chi connectivity index (χ0v) is 23.8. The molecule has 0 heterocycles. The average molecular weight is 530 g/mol. The first-order valence-electron chi connectivity index (χ1n) is 12.7. The Morgan fingerprint density at radius 3 is 1.64 bits per heavy atom. The molecule has 0 spiro atoms. The number of rotatable bonds is 21. The smallest absolute Gasteiger partial charge is 0.407 e. The van der Waals surface area contributed by atoms with Gasteiger partial charge < -0.3 is 38.2 Å². The molecule has 0 saturated heterocycles. The van der Waals surface area contributed by atoms with Crippen molar-refractivity contribution in [2.24, 2.45) is 0 Å². The average Bonchev–Trinajstić information content (AvgIpc) is 2.84. The van der Waals surface area contributed by atoms with E-state index in [9.17, 15) is 4.79 Å². The summed E-state index contributed by atoms with van der Waals surface area (Å²) in [5.74, 6) is 0. The molecule has 0 saturated carbocycles. The molecule has 208 valence electrons. The van der Waals surface area contributed by atoms with E-state index >= 15 is 0 Å². The third kappa shape index (κ3) is 17.0. The number of alkyl carbamates (subject to hydrolysis) is 1. The summed E-state index contributed by atoms with van der Waals surface area (Å²) in [7, 11) is -1.69. The van der Waals surface area contributed by atoms with Crippen molar-refractivity contribution in [1.29, 1.82) is 0 Å². The summed E-state index contributed by atoms with van der Waals surface area (Å²) in [6.45, 7) is 17.4. The van der Waals surface area contributed by atoms with Crippen LogP contribution in [0.5, 0.6) is 0 Å². The fourth-order valence-electron chi connectivity index (χ4n) is 2.55. The minimum absolute atomic E-state index is 0.217. The monoisotopic (exact) mass is 529 g/mol. The Bertz CT molecular complexity index is 670. The van der Waals surface area contributed by atoms with E-state index in [1.165, 1.54) is 0 Å². The molecule has 0 atom stereocenters. The number of hydrogen-bond acceptors (Lipinski definition) is 8. The summed E-state index contributed by atoms with van der Waals surface area (Å²) in [6, 6.07) is 9.53. The molecule has 0 aliphatic heterocycles. The highest BCUT2D eigenvalue weighted by Gasteiger charge is 2.36. The Labute approximate surface area is 218 Å². The van der Waals surface area contributed by atoms with E-state index in [4.69, 9.17) is 32.8 Å². The lowest BCUT2D eigenvalue weighted by Gasteiger charge is -2.36. The van der Waals surface area contributed by atoms with Crippen LogP contribution in [-0.2, 0) is 39.5 Å². The van der Waals surface area contributed by atoms with Gasteiger partial charge >= 0.3 is 6.09 Å². The second-order valence-corrected chi connectivity index (χ2v) is 14.5. The van der Waals surface area contributed by atoms with Crippen LogP contribution in [0.1, 0.15) is 26.3 Å². The first kappa shape index (κ1) is 32.5. The molecule has 0 bridgehead atoms. The van der Waals surface area contributed by atoms with E-state index < -0.39 is 14.4 Å². The third-order valence-corrected chi connectivity index (χ3v) is 10.3. The molecule has 0 fully saturated rings. The quantitative estimate of drug-likeness (QED) is 0.189. The van der Waals surface area contributed by atoms with Gasteiger partial charge in [-0.05, 0) is 23.7 Å². The number of ether oxygens (including phenoxy) is 6. The van der Waals surface area contributed by atoms with Crippen LogP contribution in [0.3, 0.4) is 0 Å². The van der Waals surface area contributed by atoms with E-state index in [1.54, 1.807) is 0 Å². The minimum Gasteiger partial charge on any atom is -0.445 e. The first-order chi connectivity index (χ1) is 17.2. The van der Waals surface area contributed by atoms with Crippen molar-refractivity contribution < 1.29 is 37.6 Å². The lowest BCUT2D eigenvalue weighted by Crippen LogP contribution is -2.41. The van der Waals surface area contributed by atoms with Crippen LogP contribution in [0.2, 0.25) is 18.1 Å². The highest BCUT2D eigenvalue weighted by molar-refractivity contribution is 6.74. The molecule has 0 aromatic heterocycles. The van der Waals surface area contributed by atoms with Gasteiger partial charge in [-0.3, -0.25) is 0 Å². The van der Waals surface area contributed by atoms with Crippen LogP contribution in [0.4, 0.5) is 4.79 Å². The molecule has 1 aromatic rings. The normalized spacial score (nSPS) is 12.0. The van der Waals surface area contributed by atoms with Crippen LogP contribution in [-0.4, -0.2) is 93.6 Å². The van der Waals surface area contributed by atoms with Gasteiger partial charge in [0.25, 0.3) is 0 Å². The van der Waals surface area contributed by atoms with E-state index in [0.29, 0.717) is 79.2 Å². The predicted octanol–water partition coefficient (Wildman–Crippen LogP) is 4.02. The predicted molar refractivity (Wildman–Crippen MR) is 142 cm³/mol. The molecule has 0 unspecified atom stereocenters. The lowest BCUT2D eigenvalue weighted by atomic mass is 10.2. The van der Waals surface area contributed by atoms with Crippen molar-refractivity contribution in [3.8, 4) is 0 Å². The maximum atomic E-state index is 11.6. The van der Waals surface area contributed by atoms with Crippen LogP contribution in [0.15, 0.2) is 30.3 Å². The maximum absolute atomic E-state index is 11.6. The zero-order chi connectivity index (χ0) is 26.5. The molecule has 0 aliphatic rings. The van der Waals surface area contributed by atoms with Gasteiger partial charge in [0.05, 0.1) is 72.7 Å². The van der Waals surface area contributed by atoms with Crippen molar-refractivity contribution in [3.05, 3.63) is 35.9 Å². The summed E-state index contributed by atoms with van der Waals surface area (Å²) >= 11 is 0. The minimum atomic E-state index is -1.69. The Balaban J connectivity index is 1.76. The van der Waals surface area contributed by atoms with E-state index in [2.05, 4.69) is 39.2 Å². The number of carbonyl (C=O) groups is 1. The van der Waals surface area contributed by atoms with Gasteiger partial charge in [-0.2, -0.15) is 0 Å². The van der Waals surface area contributed by atoms with Crippen LogP contribution >= 0.6 is 0 Å². The first-order valence-corrected chi connectivity index (χ1v) is 15.6. The maximum Gasteiger partial charge on any atom is 0.407 e. The van der Waals surface area contributed by atoms with Crippen molar-refractivity contribution >= 4 is 14.4 Å². The topological polar surface area (TPSA) is 93.7 Å². The number of benzene rings is 1. The zero-order valence-electron chi connectivity index (χ0n) is 22.8. The third-order valence-electron chi connectivity index (χ3n) is 5.71. The van der Waals surface area contributed by atoms with Gasteiger partial charge in [0.15, 0.2) is 8.32 Å². The van der Waals surface area contributed by atoms with Gasteiger partial charge in [-0.1, -0.05) is 51.1 Å². The van der Waals surface area contributed by atoms with Gasteiger partial charge in [0.1, 0.15) is 6.61 Å². The molecule has 1 rings (SSSR count). The Hall–Kier alpha value is -1.53. The summed E-state index contributed by atoms with van der Waals surface area (Å²) in [6.07, 6.45) is -0.459. The fourth-order valence-corrected chi connectivity index (χ4v) is 3.58. The summed E-state index contributed by atoms with van der Waals surface area (Å²) in [5.41, 5.74) is 0.946. The van der Waals surface area contributed by atoms with E-state index in [0.717, 1.165) is 5.56 Å². The Morgan fingerprint density at radius 2 is 1.17 bits per heavy atom. The van der Waals surface area contributed by atoms with E-state index in [1.807, 2.05) is 30.3 Å². The number of amides is 1. The van der Waals surface area contributed by atoms with Crippen LogP contribution in [0.25, 0.3) is 0 Å². The Morgan fingerprint density at radius 1 is 0.722 bits per heavy atom. The highest BCUT2D eigenvalue weighted by Crippen LogP contribution is 2.36. The van der Waals surface area contributed by atoms with Gasteiger partial charge in [-0.25, -0.2) is 4.79 Å². The second-order valence-electron chi connectivity index (χ2n) is 9.66. The molecular formula is C26H47NO8Si. The Kier molecular flexibility index (Phi) is 17.7. The van der Waals surface area contributed by atoms with Gasteiger partial charge in [0, 0.05) is 6.54 Å². The molecular weight excluding hydrogens is 482 g/mol. The molecule has 0 radical (unpaired) electrons. The van der Waals surface area contributed by atoms with Crippen molar-refractivity contribution in [3.63, 3.8) is 0 Å². The molecule has 0 aliphatic carbocycles. The van der Waals surface area contributed by atoms with Crippen molar-refractivity contribution in [2.45, 2.75) is 45.5 Å². The summed E-state index contributed by atoms with van der Waals surface area (Å²) in [5, 5.41) is 2.86. The van der Waals surface area contributed by atoms with Crippen LogP contribution < -0.4 is 5.32 Å². The van der Waals surface area contributed by atoms with Crippen LogP contribution in [0, 0.1) is 0 Å². The molecule has 10 heteroatoms. The van der Waals surface area contributed by atoms with Crippen molar-refractivity contribution in [2.75, 3.05) is 79.2 Å². The number of hydrogen-bond donors (Lipinski definition) is 1. The number of nitrogens with one attached hydrogen (secondary N) is 1. The lowest BCUT2D eigenvalue weighted by molar-refractivity contribution is -0.0127. The molecule has 1 aromatic carbocycles.